The zero-order valence-electron chi connectivity index (χ0n) is 17.7. The third-order valence-electron chi connectivity index (χ3n) is 5.58. The SMILES string of the molecule is CCS(=O)(=O)Nc1ccc(Oc2ccc(F)cc2F)c(-c2cc(C3CC3)nc3[nH]ccc23)c1. The van der Waals surface area contributed by atoms with Crippen molar-refractivity contribution in [2.24, 2.45) is 0 Å². The van der Waals surface area contributed by atoms with Crippen molar-refractivity contribution in [3.8, 4) is 22.6 Å². The van der Waals surface area contributed by atoms with E-state index in [4.69, 9.17) is 9.72 Å². The standard InChI is InChI=1S/C24H21F2N3O3S/c1-2-33(30,31)29-16-6-8-22(32-23-7-5-15(25)11-20(23)26)19(12-16)18-13-21(14-3-4-14)28-24-17(18)9-10-27-24/h5-14,29H,2-4H2,1H3,(H,27,28). The molecule has 6 nitrogen and oxygen atoms in total. The van der Waals surface area contributed by atoms with Crippen molar-refractivity contribution in [3.63, 3.8) is 0 Å². The number of pyridine rings is 1. The van der Waals surface area contributed by atoms with Crippen LogP contribution in [0.2, 0.25) is 0 Å². The predicted octanol–water partition coefficient (Wildman–Crippen LogP) is 5.94. The topological polar surface area (TPSA) is 84.1 Å². The molecule has 0 unspecified atom stereocenters. The predicted molar refractivity (Wildman–Crippen MR) is 123 cm³/mol. The minimum Gasteiger partial charge on any atom is -0.454 e. The number of sulfonamides is 1. The molecule has 5 rings (SSSR count). The Labute approximate surface area is 189 Å². The molecule has 2 heterocycles. The Kier molecular flexibility index (Phi) is 5.28. The smallest absolute Gasteiger partial charge is 0.232 e. The molecule has 33 heavy (non-hydrogen) atoms. The van der Waals surface area contributed by atoms with Crippen molar-refractivity contribution in [2.45, 2.75) is 25.7 Å². The first-order valence-corrected chi connectivity index (χ1v) is 12.2. The van der Waals surface area contributed by atoms with Crippen molar-refractivity contribution in [1.82, 2.24) is 9.97 Å². The maximum absolute atomic E-state index is 14.3. The van der Waals surface area contributed by atoms with Crippen LogP contribution in [-0.4, -0.2) is 24.1 Å². The summed E-state index contributed by atoms with van der Waals surface area (Å²) in [5, 5.41) is 0.819. The average molecular weight is 470 g/mol. The van der Waals surface area contributed by atoms with Crippen molar-refractivity contribution in [2.75, 3.05) is 10.5 Å². The summed E-state index contributed by atoms with van der Waals surface area (Å²) < 4.78 is 60.4. The van der Waals surface area contributed by atoms with Crippen LogP contribution < -0.4 is 9.46 Å². The highest BCUT2D eigenvalue weighted by atomic mass is 32.2. The van der Waals surface area contributed by atoms with Gasteiger partial charge in [0.15, 0.2) is 11.6 Å². The number of aromatic nitrogens is 2. The van der Waals surface area contributed by atoms with Gasteiger partial charge in [-0.25, -0.2) is 22.2 Å². The monoisotopic (exact) mass is 469 g/mol. The summed E-state index contributed by atoms with van der Waals surface area (Å²) in [6.07, 6.45) is 3.89. The Morgan fingerprint density at radius 2 is 1.85 bits per heavy atom. The van der Waals surface area contributed by atoms with Crippen molar-refractivity contribution in [3.05, 3.63) is 72.1 Å². The normalized spacial score (nSPS) is 13.9. The summed E-state index contributed by atoms with van der Waals surface area (Å²) in [4.78, 5) is 7.84. The number of fused-ring (bicyclic) bond motifs is 1. The van der Waals surface area contributed by atoms with Gasteiger partial charge in [0, 0.05) is 40.5 Å². The summed E-state index contributed by atoms with van der Waals surface area (Å²) in [7, 11) is -3.51. The van der Waals surface area contributed by atoms with E-state index in [1.165, 1.54) is 6.07 Å². The van der Waals surface area contributed by atoms with Crippen LogP contribution in [0.1, 0.15) is 31.4 Å². The molecule has 2 aromatic heterocycles. The quantitative estimate of drug-likeness (QED) is 0.351. The summed E-state index contributed by atoms with van der Waals surface area (Å²) in [6, 6.07) is 11.7. The number of rotatable bonds is 7. The van der Waals surface area contributed by atoms with Crippen LogP contribution in [0.3, 0.4) is 0 Å². The lowest BCUT2D eigenvalue weighted by atomic mass is 10.00. The molecule has 2 N–H and O–H groups in total. The highest BCUT2D eigenvalue weighted by Crippen LogP contribution is 2.44. The molecule has 2 aromatic carbocycles. The molecule has 0 radical (unpaired) electrons. The van der Waals surface area contributed by atoms with Gasteiger partial charge >= 0.3 is 0 Å². The number of H-pyrrole nitrogens is 1. The van der Waals surface area contributed by atoms with E-state index in [-0.39, 0.29) is 11.5 Å². The second-order valence-electron chi connectivity index (χ2n) is 8.00. The van der Waals surface area contributed by atoms with Gasteiger partial charge in [-0.05, 0) is 67.8 Å². The Morgan fingerprint density at radius 1 is 1.06 bits per heavy atom. The maximum atomic E-state index is 14.3. The molecular formula is C24H21F2N3O3S. The van der Waals surface area contributed by atoms with E-state index < -0.39 is 21.7 Å². The minimum atomic E-state index is -3.51. The van der Waals surface area contributed by atoms with Crippen molar-refractivity contribution in [1.29, 1.82) is 0 Å². The van der Waals surface area contributed by atoms with Gasteiger partial charge in [0.25, 0.3) is 0 Å². The lowest BCUT2D eigenvalue weighted by Crippen LogP contribution is -2.14. The fraction of sp³-hybridized carbons (Fsp3) is 0.208. The van der Waals surface area contributed by atoms with Gasteiger partial charge in [-0.15, -0.1) is 0 Å². The molecule has 0 spiro atoms. The molecule has 9 heteroatoms. The number of hydrogen-bond acceptors (Lipinski definition) is 4. The van der Waals surface area contributed by atoms with Crippen LogP contribution in [0.25, 0.3) is 22.2 Å². The Morgan fingerprint density at radius 3 is 2.58 bits per heavy atom. The van der Waals surface area contributed by atoms with Gasteiger partial charge in [0.05, 0.1) is 5.75 Å². The molecule has 0 saturated heterocycles. The third-order valence-corrected chi connectivity index (χ3v) is 6.89. The lowest BCUT2D eigenvalue weighted by Gasteiger charge is -2.16. The van der Waals surface area contributed by atoms with E-state index in [0.717, 1.165) is 41.6 Å². The molecule has 0 aliphatic heterocycles. The molecule has 170 valence electrons. The number of halogens is 2. The van der Waals surface area contributed by atoms with E-state index in [0.29, 0.717) is 28.6 Å². The number of nitrogens with zero attached hydrogens (tertiary/aromatic N) is 1. The Bertz CT molecular complexity index is 1460. The van der Waals surface area contributed by atoms with E-state index in [2.05, 4.69) is 9.71 Å². The number of ether oxygens (including phenoxy) is 1. The lowest BCUT2D eigenvalue weighted by molar-refractivity contribution is 0.439. The second-order valence-corrected chi connectivity index (χ2v) is 10.0. The summed E-state index contributed by atoms with van der Waals surface area (Å²) in [5.74, 6) is -1.09. The van der Waals surface area contributed by atoms with Gasteiger partial charge in [-0.1, -0.05) is 0 Å². The first-order valence-electron chi connectivity index (χ1n) is 10.6. The van der Waals surface area contributed by atoms with Gasteiger partial charge < -0.3 is 9.72 Å². The zero-order chi connectivity index (χ0) is 23.2. The van der Waals surface area contributed by atoms with Crippen molar-refractivity contribution < 1.29 is 21.9 Å². The molecule has 4 aromatic rings. The molecular weight excluding hydrogens is 448 g/mol. The van der Waals surface area contributed by atoms with Crippen LogP contribution in [0.5, 0.6) is 11.5 Å². The summed E-state index contributed by atoms with van der Waals surface area (Å²) in [6.45, 7) is 1.55. The van der Waals surface area contributed by atoms with E-state index in [1.807, 2.05) is 12.1 Å². The van der Waals surface area contributed by atoms with E-state index in [9.17, 15) is 17.2 Å². The number of benzene rings is 2. The second kappa shape index (κ2) is 8.15. The summed E-state index contributed by atoms with van der Waals surface area (Å²) >= 11 is 0. The Balaban J connectivity index is 1.68. The first-order chi connectivity index (χ1) is 15.8. The van der Waals surface area contributed by atoms with Crippen LogP contribution in [0.15, 0.2) is 54.7 Å². The van der Waals surface area contributed by atoms with Crippen LogP contribution in [0.4, 0.5) is 14.5 Å². The average Bonchev–Trinajstić information content (AvgIpc) is 3.53. The molecule has 1 aliphatic rings. The number of nitrogens with one attached hydrogen (secondary N) is 2. The molecule has 1 fully saturated rings. The summed E-state index contributed by atoms with van der Waals surface area (Å²) in [5.41, 5.74) is 3.32. The van der Waals surface area contributed by atoms with Gasteiger partial charge in [-0.2, -0.15) is 0 Å². The largest absolute Gasteiger partial charge is 0.454 e. The number of aromatic amines is 1. The molecule has 1 aliphatic carbocycles. The van der Waals surface area contributed by atoms with Gasteiger partial charge in [0.2, 0.25) is 10.0 Å². The van der Waals surface area contributed by atoms with E-state index >= 15 is 0 Å². The van der Waals surface area contributed by atoms with Crippen molar-refractivity contribution >= 4 is 26.7 Å². The minimum absolute atomic E-state index is 0.0789. The number of hydrogen-bond donors (Lipinski definition) is 2. The Hall–Kier alpha value is -3.46. The zero-order valence-corrected chi connectivity index (χ0v) is 18.5. The van der Waals surface area contributed by atoms with Crippen LogP contribution in [0, 0.1) is 11.6 Å². The van der Waals surface area contributed by atoms with E-state index in [1.54, 1.807) is 31.3 Å². The van der Waals surface area contributed by atoms with Gasteiger partial charge in [0.1, 0.15) is 17.2 Å². The number of anilines is 1. The van der Waals surface area contributed by atoms with Crippen LogP contribution >= 0.6 is 0 Å². The first kappa shape index (κ1) is 21.4. The molecule has 0 amide bonds. The molecule has 0 bridgehead atoms. The highest BCUT2D eigenvalue weighted by molar-refractivity contribution is 7.92. The third kappa shape index (κ3) is 4.41. The fourth-order valence-electron chi connectivity index (χ4n) is 3.69. The molecule has 0 atom stereocenters. The van der Waals surface area contributed by atoms with Gasteiger partial charge in [-0.3, -0.25) is 4.72 Å². The highest BCUT2D eigenvalue weighted by Gasteiger charge is 2.27. The van der Waals surface area contributed by atoms with Crippen LogP contribution in [-0.2, 0) is 10.0 Å². The maximum Gasteiger partial charge on any atom is 0.232 e. The molecule has 1 saturated carbocycles. The fourth-order valence-corrected chi connectivity index (χ4v) is 4.32.